The average molecular weight is 424 g/mol. The Bertz CT molecular complexity index is 820. The molecule has 0 spiro atoms. The molecule has 1 saturated carbocycles. The molecule has 2 aliphatic rings. The molecule has 31 heavy (non-hydrogen) atoms. The van der Waals surface area contributed by atoms with Crippen molar-refractivity contribution in [2.24, 2.45) is 11.8 Å². The largest absolute Gasteiger partial charge is 0.463 e. The van der Waals surface area contributed by atoms with E-state index in [1.54, 1.807) is 18.6 Å². The molecule has 2 aromatic rings. The molecule has 4 rings (SSSR count). The van der Waals surface area contributed by atoms with E-state index in [0.717, 1.165) is 63.7 Å². The lowest BCUT2D eigenvalue weighted by atomic mass is 9.80. The second-order valence-corrected chi connectivity index (χ2v) is 8.97. The van der Waals surface area contributed by atoms with Gasteiger partial charge >= 0.3 is 5.97 Å². The van der Waals surface area contributed by atoms with Crippen LogP contribution in [0.1, 0.15) is 62.1 Å². The zero-order valence-corrected chi connectivity index (χ0v) is 18.1. The second kappa shape index (κ2) is 10.3. The van der Waals surface area contributed by atoms with Crippen LogP contribution in [0.2, 0.25) is 0 Å². The Balaban J connectivity index is 1.51. The van der Waals surface area contributed by atoms with E-state index in [1.807, 2.05) is 30.3 Å². The standard InChI is InChI=1S/C25H33N3O3/c29-24(25(30,22-8-4-5-9-22)21-6-2-1-3-7-21)31-18-20(23-17-27-14-15-28-23)16-19-10-12-26-13-11-19/h1-3,6-7,14-15,17,19-20,22,26,30H,4-5,8-13,16,18H2. The zero-order chi connectivity index (χ0) is 21.5. The quantitative estimate of drug-likeness (QED) is 0.632. The van der Waals surface area contributed by atoms with E-state index in [0.29, 0.717) is 11.5 Å². The first kappa shape index (κ1) is 21.9. The number of ether oxygens (including phenoxy) is 1. The number of rotatable bonds is 8. The van der Waals surface area contributed by atoms with Crippen LogP contribution in [-0.2, 0) is 15.1 Å². The third-order valence-corrected chi connectivity index (χ3v) is 6.96. The van der Waals surface area contributed by atoms with Crippen molar-refractivity contribution in [3.05, 3.63) is 60.2 Å². The van der Waals surface area contributed by atoms with Crippen LogP contribution in [0.25, 0.3) is 0 Å². The zero-order valence-electron chi connectivity index (χ0n) is 18.1. The number of piperidine rings is 1. The summed E-state index contributed by atoms with van der Waals surface area (Å²) in [6, 6.07) is 9.28. The Morgan fingerprint density at radius 2 is 1.87 bits per heavy atom. The molecule has 2 atom stereocenters. The Morgan fingerprint density at radius 3 is 2.55 bits per heavy atom. The van der Waals surface area contributed by atoms with Crippen molar-refractivity contribution in [1.82, 2.24) is 15.3 Å². The van der Waals surface area contributed by atoms with E-state index >= 15 is 0 Å². The van der Waals surface area contributed by atoms with Gasteiger partial charge in [0, 0.05) is 30.4 Å². The summed E-state index contributed by atoms with van der Waals surface area (Å²) in [6.45, 7) is 2.25. The second-order valence-electron chi connectivity index (χ2n) is 8.97. The van der Waals surface area contributed by atoms with Crippen LogP contribution in [0.5, 0.6) is 0 Å². The summed E-state index contributed by atoms with van der Waals surface area (Å²) in [4.78, 5) is 22.1. The van der Waals surface area contributed by atoms with Crippen LogP contribution in [0.15, 0.2) is 48.9 Å². The molecule has 0 amide bonds. The molecule has 1 aliphatic carbocycles. The summed E-state index contributed by atoms with van der Waals surface area (Å²) in [6.07, 6.45) is 12.0. The molecule has 2 heterocycles. The predicted octanol–water partition coefficient (Wildman–Crippen LogP) is 3.57. The van der Waals surface area contributed by atoms with Crippen molar-refractivity contribution in [3.63, 3.8) is 0 Å². The predicted molar refractivity (Wildman–Crippen MR) is 118 cm³/mol. The maximum absolute atomic E-state index is 13.4. The van der Waals surface area contributed by atoms with Crippen molar-refractivity contribution in [2.75, 3.05) is 19.7 Å². The number of nitrogens with zero attached hydrogens (tertiary/aromatic N) is 2. The molecular weight excluding hydrogens is 390 g/mol. The first-order valence-corrected chi connectivity index (χ1v) is 11.6. The Morgan fingerprint density at radius 1 is 1.13 bits per heavy atom. The van der Waals surface area contributed by atoms with E-state index in [9.17, 15) is 9.90 Å². The van der Waals surface area contributed by atoms with Crippen LogP contribution >= 0.6 is 0 Å². The van der Waals surface area contributed by atoms with Gasteiger partial charge in [-0.3, -0.25) is 9.97 Å². The monoisotopic (exact) mass is 423 g/mol. The number of nitrogens with one attached hydrogen (secondary N) is 1. The van der Waals surface area contributed by atoms with Crippen molar-refractivity contribution in [2.45, 2.75) is 56.5 Å². The van der Waals surface area contributed by atoms with E-state index < -0.39 is 11.6 Å². The number of benzene rings is 1. The van der Waals surface area contributed by atoms with Crippen molar-refractivity contribution < 1.29 is 14.6 Å². The van der Waals surface area contributed by atoms with Crippen molar-refractivity contribution in [1.29, 1.82) is 0 Å². The number of aromatic nitrogens is 2. The van der Waals surface area contributed by atoms with Gasteiger partial charge in [-0.25, -0.2) is 4.79 Å². The van der Waals surface area contributed by atoms with Gasteiger partial charge in [0.25, 0.3) is 0 Å². The summed E-state index contributed by atoms with van der Waals surface area (Å²) < 4.78 is 5.86. The summed E-state index contributed by atoms with van der Waals surface area (Å²) in [7, 11) is 0. The third kappa shape index (κ3) is 5.13. The maximum atomic E-state index is 13.4. The SMILES string of the molecule is O=C(OCC(CC1CCNCC1)c1cnccn1)C(O)(c1ccccc1)C1CCCC1. The van der Waals surface area contributed by atoms with E-state index in [4.69, 9.17) is 4.74 Å². The first-order valence-electron chi connectivity index (χ1n) is 11.6. The van der Waals surface area contributed by atoms with Gasteiger partial charge in [-0.1, -0.05) is 43.2 Å². The highest BCUT2D eigenvalue weighted by Crippen LogP contribution is 2.41. The molecular formula is C25H33N3O3. The number of esters is 1. The number of carbonyl (C=O) groups excluding carboxylic acids is 1. The fourth-order valence-corrected chi connectivity index (χ4v) is 5.16. The van der Waals surface area contributed by atoms with Gasteiger partial charge in [-0.05, 0) is 56.7 Å². The summed E-state index contributed by atoms with van der Waals surface area (Å²) in [5.41, 5.74) is -0.126. The lowest BCUT2D eigenvalue weighted by molar-refractivity contribution is -0.174. The molecule has 2 N–H and O–H groups in total. The summed E-state index contributed by atoms with van der Waals surface area (Å²) >= 11 is 0. The molecule has 2 fully saturated rings. The van der Waals surface area contributed by atoms with E-state index in [-0.39, 0.29) is 18.4 Å². The van der Waals surface area contributed by atoms with Crippen molar-refractivity contribution >= 4 is 5.97 Å². The first-order chi connectivity index (χ1) is 15.2. The van der Waals surface area contributed by atoms with Crippen LogP contribution in [0, 0.1) is 11.8 Å². The fourth-order valence-electron chi connectivity index (χ4n) is 5.16. The smallest absolute Gasteiger partial charge is 0.343 e. The highest BCUT2D eigenvalue weighted by atomic mass is 16.5. The van der Waals surface area contributed by atoms with Crippen LogP contribution in [-0.4, -0.2) is 40.7 Å². The van der Waals surface area contributed by atoms with Gasteiger partial charge < -0.3 is 15.2 Å². The molecule has 0 radical (unpaired) electrons. The van der Waals surface area contributed by atoms with Gasteiger partial charge in [-0.15, -0.1) is 0 Å². The molecule has 1 aromatic heterocycles. The molecule has 2 unspecified atom stereocenters. The minimum Gasteiger partial charge on any atom is -0.463 e. The van der Waals surface area contributed by atoms with Gasteiger partial charge in [0.15, 0.2) is 5.60 Å². The van der Waals surface area contributed by atoms with Gasteiger partial charge in [0.2, 0.25) is 0 Å². The molecule has 6 nitrogen and oxygen atoms in total. The Kier molecular flexibility index (Phi) is 7.30. The highest BCUT2D eigenvalue weighted by Gasteiger charge is 2.48. The topological polar surface area (TPSA) is 84.3 Å². The van der Waals surface area contributed by atoms with Crippen LogP contribution in [0.3, 0.4) is 0 Å². The number of hydrogen-bond donors (Lipinski definition) is 2. The molecule has 1 saturated heterocycles. The molecule has 1 aliphatic heterocycles. The van der Waals surface area contributed by atoms with Gasteiger partial charge in [0.1, 0.15) is 0 Å². The number of hydrogen-bond acceptors (Lipinski definition) is 6. The lowest BCUT2D eigenvalue weighted by Gasteiger charge is -2.33. The summed E-state index contributed by atoms with van der Waals surface area (Å²) in [5.74, 6) is -0.106. The minimum atomic E-state index is -1.60. The molecule has 1 aromatic carbocycles. The average Bonchev–Trinajstić information content (AvgIpc) is 3.38. The maximum Gasteiger partial charge on any atom is 0.343 e. The van der Waals surface area contributed by atoms with Crippen LogP contribution < -0.4 is 5.32 Å². The van der Waals surface area contributed by atoms with Gasteiger partial charge in [0.05, 0.1) is 12.3 Å². The minimum absolute atomic E-state index is 0.0237. The van der Waals surface area contributed by atoms with Gasteiger partial charge in [-0.2, -0.15) is 0 Å². The Labute approximate surface area is 184 Å². The van der Waals surface area contributed by atoms with Crippen molar-refractivity contribution in [3.8, 4) is 0 Å². The normalized spacial score (nSPS) is 20.8. The fraction of sp³-hybridized carbons (Fsp3) is 0.560. The van der Waals surface area contributed by atoms with Crippen LogP contribution in [0.4, 0.5) is 0 Å². The summed E-state index contributed by atoms with van der Waals surface area (Å²) in [5, 5.41) is 15.0. The number of aliphatic hydroxyl groups is 1. The molecule has 0 bridgehead atoms. The third-order valence-electron chi connectivity index (χ3n) is 6.96. The molecule has 166 valence electrons. The van der Waals surface area contributed by atoms with E-state index in [2.05, 4.69) is 15.3 Å². The Hall–Kier alpha value is -2.31. The highest BCUT2D eigenvalue weighted by molar-refractivity contribution is 5.81. The van der Waals surface area contributed by atoms with E-state index in [1.165, 1.54) is 0 Å². The molecule has 6 heteroatoms. The number of carbonyl (C=O) groups is 1. The lowest BCUT2D eigenvalue weighted by Crippen LogP contribution is -2.44.